The zero-order valence-corrected chi connectivity index (χ0v) is 13.5. The summed E-state index contributed by atoms with van der Waals surface area (Å²) >= 11 is 6.08. The second-order valence-electron chi connectivity index (χ2n) is 4.60. The quantitative estimate of drug-likeness (QED) is 0.807. The van der Waals surface area contributed by atoms with Crippen molar-refractivity contribution in [2.24, 2.45) is 0 Å². The summed E-state index contributed by atoms with van der Waals surface area (Å²) in [5.41, 5.74) is 0.394. The summed E-state index contributed by atoms with van der Waals surface area (Å²) < 4.78 is 11.1. The fourth-order valence-corrected chi connectivity index (χ4v) is 2.66. The van der Waals surface area contributed by atoms with Gasteiger partial charge < -0.3 is 10.6 Å². The van der Waals surface area contributed by atoms with Crippen molar-refractivity contribution in [2.75, 3.05) is 23.9 Å². The van der Waals surface area contributed by atoms with Gasteiger partial charge in [0.2, 0.25) is 0 Å². The van der Waals surface area contributed by atoms with Crippen LogP contribution in [0, 0.1) is 0 Å². The Bertz CT molecular complexity index is 497. The molecule has 0 saturated carbocycles. The van der Waals surface area contributed by atoms with Crippen LogP contribution in [0.5, 0.6) is 0 Å². The summed E-state index contributed by atoms with van der Waals surface area (Å²) in [6.07, 6.45) is 4.05. The molecule has 20 heavy (non-hydrogen) atoms. The van der Waals surface area contributed by atoms with Gasteiger partial charge in [-0.25, -0.2) is 4.98 Å². The Morgan fingerprint density at radius 2 is 2.25 bits per heavy atom. The molecule has 1 rings (SSSR count). The van der Waals surface area contributed by atoms with Crippen LogP contribution in [-0.2, 0) is 10.8 Å². The molecule has 0 saturated heterocycles. The number of amides is 1. The van der Waals surface area contributed by atoms with Crippen LogP contribution in [0.3, 0.4) is 0 Å². The van der Waals surface area contributed by atoms with Crippen LogP contribution < -0.4 is 10.6 Å². The Labute approximate surface area is 127 Å². The Morgan fingerprint density at radius 3 is 2.80 bits per heavy atom. The van der Waals surface area contributed by atoms with E-state index in [1.807, 2.05) is 13.8 Å². The molecule has 112 valence electrons. The Balaban J connectivity index is 2.69. The molecule has 2 N–H and O–H groups in total. The molecule has 0 bridgehead atoms. The monoisotopic (exact) mass is 317 g/mol. The van der Waals surface area contributed by atoms with E-state index in [2.05, 4.69) is 15.6 Å². The number of carbonyl (C=O) groups excluding carboxylic acids is 1. The van der Waals surface area contributed by atoms with Crippen LogP contribution in [0.1, 0.15) is 30.6 Å². The summed E-state index contributed by atoms with van der Waals surface area (Å²) in [5.74, 6) is 0.732. The van der Waals surface area contributed by atoms with Crippen LogP contribution >= 0.6 is 11.6 Å². The lowest BCUT2D eigenvalue weighted by Crippen LogP contribution is -2.36. The maximum absolute atomic E-state index is 12.0. The summed E-state index contributed by atoms with van der Waals surface area (Å²) in [7, 11) is -0.947. The number of anilines is 1. The number of hydrogen-bond acceptors (Lipinski definition) is 4. The highest BCUT2D eigenvalue weighted by Gasteiger charge is 2.13. The minimum atomic E-state index is -0.947. The predicted octanol–water partition coefficient (Wildman–Crippen LogP) is 2.05. The van der Waals surface area contributed by atoms with Crippen molar-refractivity contribution in [3.63, 3.8) is 0 Å². The fraction of sp³-hybridized carbons (Fsp3) is 0.538. The van der Waals surface area contributed by atoms with Crippen molar-refractivity contribution in [1.29, 1.82) is 0 Å². The van der Waals surface area contributed by atoms with Crippen LogP contribution in [-0.4, -0.2) is 39.7 Å². The average Bonchev–Trinajstić information content (AvgIpc) is 2.36. The standard InChI is InChI=1S/C13H20ClN3O2S/c1-4-5-15-12-11(14)6-10(7-16-12)13(18)17-9(2)8-20(3)19/h6-7,9H,4-5,8H2,1-3H3,(H,15,16)(H,17,18). The molecular formula is C13H20ClN3O2S. The smallest absolute Gasteiger partial charge is 0.253 e. The van der Waals surface area contributed by atoms with Crippen molar-refractivity contribution < 1.29 is 9.00 Å². The van der Waals surface area contributed by atoms with Crippen molar-refractivity contribution in [2.45, 2.75) is 26.3 Å². The lowest BCUT2D eigenvalue weighted by atomic mass is 10.2. The van der Waals surface area contributed by atoms with E-state index in [0.29, 0.717) is 22.2 Å². The molecule has 0 aliphatic rings. The second-order valence-corrected chi connectivity index (χ2v) is 6.48. The first kappa shape index (κ1) is 16.9. The maximum atomic E-state index is 12.0. The molecular weight excluding hydrogens is 298 g/mol. The molecule has 7 heteroatoms. The lowest BCUT2D eigenvalue weighted by molar-refractivity contribution is 0.0943. The van der Waals surface area contributed by atoms with E-state index < -0.39 is 10.8 Å². The molecule has 0 spiro atoms. The zero-order valence-electron chi connectivity index (χ0n) is 11.9. The molecule has 0 fully saturated rings. The van der Waals surface area contributed by atoms with E-state index in [1.54, 1.807) is 12.3 Å². The van der Waals surface area contributed by atoms with E-state index in [1.165, 1.54) is 6.20 Å². The summed E-state index contributed by atoms with van der Waals surface area (Å²) in [4.78, 5) is 16.1. The molecule has 0 aliphatic heterocycles. The number of hydrogen-bond donors (Lipinski definition) is 2. The molecule has 1 aromatic heterocycles. The Morgan fingerprint density at radius 1 is 1.55 bits per heavy atom. The molecule has 5 nitrogen and oxygen atoms in total. The first-order valence-corrected chi connectivity index (χ1v) is 8.54. The largest absolute Gasteiger partial charge is 0.369 e. The number of rotatable bonds is 7. The molecule has 1 heterocycles. The van der Waals surface area contributed by atoms with Crippen molar-refractivity contribution in [1.82, 2.24) is 10.3 Å². The molecule has 2 atom stereocenters. The van der Waals surface area contributed by atoms with Gasteiger partial charge in [-0.05, 0) is 19.4 Å². The zero-order chi connectivity index (χ0) is 15.1. The van der Waals surface area contributed by atoms with E-state index in [-0.39, 0.29) is 11.9 Å². The van der Waals surface area contributed by atoms with Crippen molar-refractivity contribution in [3.05, 3.63) is 22.8 Å². The number of halogens is 1. The van der Waals surface area contributed by atoms with Crippen LogP contribution in [0.2, 0.25) is 5.02 Å². The van der Waals surface area contributed by atoms with Crippen LogP contribution in [0.25, 0.3) is 0 Å². The third kappa shape index (κ3) is 5.46. The minimum Gasteiger partial charge on any atom is -0.369 e. The molecule has 1 aromatic rings. The van der Waals surface area contributed by atoms with Gasteiger partial charge in [-0.3, -0.25) is 9.00 Å². The molecule has 0 aliphatic carbocycles. The Hall–Kier alpha value is -1.14. The van der Waals surface area contributed by atoms with E-state index in [4.69, 9.17) is 11.6 Å². The SMILES string of the molecule is CCCNc1ncc(C(=O)NC(C)CS(C)=O)cc1Cl. The summed E-state index contributed by atoms with van der Waals surface area (Å²) in [5, 5.41) is 6.26. The molecule has 0 aromatic carbocycles. The number of nitrogens with zero attached hydrogens (tertiary/aromatic N) is 1. The highest BCUT2D eigenvalue weighted by Crippen LogP contribution is 2.20. The van der Waals surface area contributed by atoms with Crippen molar-refractivity contribution >= 4 is 34.1 Å². The van der Waals surface area contributed by atoms with Gasteiger partial charge in [0.05, 0.1) is 10.6 Å². The molecule has 0 radical (unpaired) electrons. The first-order valence-electron chi connectivity index (χ1n) is 6.44. The van der Waals surface area contributed by atoms with Crippen molar-refractivity contribution in [3.8, 4) is 0 Å². The van der Waals surface area contributed by atoms with Crippen LogP contribution in [0.15, 0.2) is 12.3 Å². The third-order valence-corrected chi connectivity index (χ3v) is 3.77. The number of carbonyl (C=O) groups is 1. The highest BCUT2D eigenvalue weighted by atomic mass is 35.5. The van der Waals surface area contributed by atoms with Gasteiger partial charge >= 0.3 is 0 Å². The second kappa shape index (κ2) is 8.21. The lowest BCUT2D eigenvalue weighted by Gasteiger charge is -2.13. The predicted molar refractivity (Wildman–Crippen MR) is 83.9 cm³/mol. The van der Waals surface area contributed by atoms with E-state index in [9.17, 15) is 9.00 Å². The average molecular weight is 318 g/mol. The van der Waals surface area contributed by atoms with Gasteiger partial charge in [-0.2, -0.15) is 0 Å². The highest BCUT2D eigenvalue weighted by molar-refractivity contribution is 7.84. The van der Waals surface area contributed by atoms with Gasteiger partial charge in [-0.1, -0.05) is 18.5 Å². The third-order valence-electron chi connectivity index (χ3n) is 2.51. The number of nitrogens with one attached hydrogen (secondary N) is 2. The summed E-state index contributed by atoms with van der Waals surface area (Å²) in [6, 6.07) is 1.42. The first-order chi connectivity index (χ1) is 9.43. The summed E-state index contributed by atoms with van der Waals surface area (Å²) in [6.45, 7) is 4.63. The number of pyridine rings is 1. The van der Waals surface area contributed by atoms with Gasteiger partial charge in [0.15, 0.2) is 0 Å². The maximum Gasteiger partial charge on any atom is 0.253 e. The van der Waals surface area contributed by atoms with E-state index >= 15 is 0 Å². The van der Waals surface area contributed by atoms with Gasteiger partial charge in [0.1, 0.15) is 5.82 Å². The van der Waals surface area contributed by atoms with Gasteiger partial charge in [-0.15, -0.1) is 0 Å². The van der Waals surface area contributed by atoms with E-state index in [0.717, 1.165) is 13.0 Å². The Kier molecular flexibility index (Phi) is 6.95. The van der Waals surface area contributed by atoms with Gasteiger partial charge in [0.25, 0.3) is 5.91 Å². The minimum absolute atomic E-state index is 0.162. The number of aromatic nitrogens is 1. The van der Waals surface area contributed by atoms with Gasteiger partial charge in [0, 0.05) is 41.6 Å². The molecule has 2 unspecified atom stereocenters. The molecule has 1 amide bonds. The normalized spacial score (nSPS) is 13.6. The fourth-order valence-electron chi connectivity index (χ4n) is 1.64. The topological polar surface area (TPSA) is 71.1 Å². The van der Waals surface area contributed by atoms with Crippen LogP contribution in [0.4, 0.5) is 5.82 Å².